The first-order valence-electron chi connectivity index (χ1n) is 8.88. The number of hydrogen-bond acceptors (Lipinski definition) is 5. The van der Waals surface area contributed by atoms with Crippen LogP contribution in [0.4, 0.5) is 5.69 Å². The van der Waals surface area contributed by atoms with E-state index in [2.05, 4.69) is 29.2 Å². The van der Waals surface area contributed by atoms with Crippen LogP contribution in [0.2, 0.25) is 0 Å². The van der Waals surface area contributed by atoms with Gasteiger partial charge in [0.25, 0.3) is 11.8 Å². The van der Waals surface area contributed by atoms with Gasteiger partial charge in [0, 0.05) is 16.8 Å². The molecule has 2 aromatic carbocycles. The van der Waals surface area contributed by atoms with Crippen molar-refractivity contribution in [1.29, 1.82) is 0 Å². The van der Waals surface area contributed by atoms with Gasteiger partial charge < -0.3 is 20.1 Å². The Kier molecular flexibility index (Phi) is 7.56. The first-order chi connectivity index (χ1) is 13.4. The molecule has 0 unspecified atom stereocenters. The molecule has 0 aliphatic rings. The van der Waals surface area contributed by atoms with Crippen molar-refractivity contribution in [2.45, 2.75) is 13.8 Å². The third-order valence-electron chi connectivity index (χ3n) is 3.71. The molecule has 0 saturated carbocycles. The molecular formula is C21H24N2O5. The van der Waals surface area contributed by atoms with Crippen LogP contribution < -0.4 is 15.4 Å². The van der Waals surface area contributed by atoms with E-state index in [1.165, 1.54) is 7.11 Å². The molecule has 0 spiro atoms. The lowest BCUT2D eigenvalue weighted by Gasteiger charge is -2.10. The lowest BCUT2D eigenvalue weighted by Crippen LogP contribution is -2.30. The molecule has 28 heavy (non-hydrogen) atoms. The molecule has 148 valence electrons. The first kappa shape index (κ1) is 21.0. The summed E-state index contributed by atoms with van der Waals surface area (Å²) in [6.45, 7) is 4.47. The molecular weight excluding hydrogens is 360 g/mol. The van der Waals surface area contributed by atoms with Crippen LogP contribution in [0.25, 0.3) is 0 Å². The zero-order chi connectivity index (χ0) is 20.5. The predicted molar refractivity (Wildman–Crippen MR) is 106 cm³/mol. The Morgan fingerprint density at radius 2 is 1.68 bits per heavy atom. The summed E-state index contributed by atoms with van der Waals surface area (Å²) < 4.78 is 10.1. The summed E-state index contributed by atoms with van der Waals surface area (Å²) in [7, 11) is 1.25. The van der Waals surface area contributed by atoms with Crippen LogP contribution >= 0.6 is 0 Å². The van der Waals surface area contributed by atoms with Crippen molar-refractivity contribution in [3.05, 3.63) is 59.7 Å². The van der Waals surface area contributed by atoms with Gasteiger partial charge in [-0.05, 0) is 48.4 Å². The third kappa shape index (κ3) is 6.42. The number of carbonyl (C=O) groups is 3. The van der Waals surface area contributed by atoms with E-state index in [9.17, 15) is 14.4 Å². The molecule has 2 amide bonds. The standard InChI is InChI=1S/C21H24N2O5/c1-14(2)13-28-18-6-4-5-16(11-18)21(26)23-17-9-7-15(8-10-17)20(25)22-12-19(24)27-3/h4-11,14H,12-13H2,1-3H3,(H,22,25)(H,23,26). The summed E-state index contributed by atoms with van der Waals surface area (Å²) >= 11 is 0. The molecule has 7 nitrogen and oxygen atoms in total. The van der Waals surface area contributed by atoms with E-state index in [1.807, 2.05) is 0 Å². The number of benzene rings is 2. The van der Waals surface area contributed by atoms with Gasteiger partial charge in [0.15, 0.2) is 0 Å². The highest BCUT2D eigenvalue weighted by Gasteiger charge is 2.10. The number of ether oxygens (including phenoxy) is 2. The third-order valence-corrected chi connectivity index (χ3v) is 3.71. The Labute approximate surface area is 164 Å². The van der Waals surface area contributed by atoms with Crippen LogP contribution in [0, 0.1) is 5.92 Å². The molecule has 2 aromatic rings. The topological polar surface area (TPSA) is 93.7 Å². The summed E-state index contributed by atoms with van der Waals surface area (Å²) in [6, 6.07) is 13.3. The molecule has 0 radical (unpaired) electrons. The second-order valence-corrected chi connectivity index (χ2v) is 6.52. The fourth-order valence-electron chi connectivity index (χ4n) is 2.22. The molecule has 0 fully saturated rings. The van der Waals surface area contributed by atoms with E-state index in [0.717, 1.165) is 0 Å². The van der Waals surface area contributed by atoms with Crippen molar-refractivity contribution in [3.63, 3.8) is 0 Å². The average Bonchev–Trinajstić information content (AvgIpc) is 2.70. The quantitative estimate of drug-likeness (QED) is 0.683. The number of rotatable bonds is 8. The van der Waals surface area contributed by atoms with Gasteiger partial charge in [-0.2, -0.15) is 0 Å². The molecule has 0 heterocycles. The fourth-order valence-corrected chi connectivity index (χ4v) is 2.22. The SMILES string of the molecule is COC(=O)CNC(=O)c1ccc(NC(=O)c2cccc(OCC(C)C)c2)cc1. The molecule has 7 heteroatoms. The average molecular weight is 384 g/mol. The van der Waals surface area contributed by atoms with Gasteiger partial charge in [-0.25, -0.2) is 0 Å². The Hall–Kier alpha value is -3.35. The van der Waals surface area contributed by atoms with E-state index < -0.39 is 11.9 Å². The van der Waals surface area contributed by atoms with Crippen molar-refractivity contribution >= 4 is 23.5 Å². The highest BCUT2D eigenvalue weighted by atomic mass is 16.5. The van der Waals surface area contributed by atoms with Crippen LogP contribution in [0.5, 0.6) is 5.75 Å². The summed E-state index contributed by atoms with van der Waals surface area (Å²) in [5.41, 5.74) is 1.38. The minimum atomic E-state index is -0.531. The van der Waals surface area contributed by atoms with Gasteiger partial charge >= 0.3 is 5.97 Å². The van der Waals surface area contributed by atoms with Crippen molar-refractivity contribution in [2.24, 2.45) is 5.92 Å². The van der Waals surface area contributed by atoms with Gasteiger partial charge in [-0.15, -0.1) is 0 Å². The lowest BCUT2D eigenvalue weighted by molar-refractivity contribution is -0.139. The number of anilines is 1. The number of esters is 1. The molecule has 0 bridgehead atoms. The smallest absolute Gasteiger partial charge is 0.325 e. The van der Waals surface area contributed by atoms with Crippen LogP contribution in [-0.4, -0.2) is 38.0 Å². The summed E-state index contributed by atoms with van der Waals surface area (Å²) in [5.74, 6) is -0.187. The molecule has 0 aliphatic carbocycles. The second-order valence-electron chi connectivity index (χ2n) is 6.52. The minimum Gasteiger partial charge on any atom is -0.493 e. The summed E-state index contributed by atoms with van der Waals surface area (Å²) in [5, 5.41) is 5.22. The molecule has 2 N–H and O–H groups in total. The van der Waals surface area contributed by atoms with Crippen LogP contribution in [0.15, 0.2) is 48.5 Å². The fraction of sp³-hybridized carbons (Fsp3) is 0.286. The van der Waals surface area contributed by atoms with E-state index in [-0.39, 0.29) is 12.5 Å². The van der Waals surface area contributed by atoms with Crippen molar-refractivity contribution in [3.8, 4) is 5.75 Å². The van der Waals surface area contributed by atoms with Crippen LogP contribution in [0.1, 0.15) is 34.6 Å². The number of amides is 2. The number of hydrogen-bond donors (Lipinski definition) is 2. The van der Waals surface area contributed by atoms with Crippen molar-refractivity contribution in [2.75, 3.05) is 25.6 Å². The van der Waals surface area contributed by atoms with Crippen LogP contribution in [-0.2, 0) is 9.53 Å². The zero-order valence-corrected chi connectivity index (χ0v) is 16.2. The summed E-state index contributed by atoms with van der Waals surface area (Å²) in [4.78, 5) is 35.4. The molecule has 0 atom stereocenters. The Bertz CT molecular complexity index is 831. The monoisotopic (exact) mass is 384 g/mol. The predicted octanol–water partition coefficient (Wildman–Crippen LogP) is 2.88. The largest absolute Gasteiger partial charge is 0.493 e. The maximum atomic E-state index is 12.4. The lowest BCUT2D eigenvalue weighted by atomic mass is 10.1. The van der Waals surface area contributed by atoms with E-state index in [1.54, 1.807) is 48.5 Å². The number of carbonyl (C=O) groups excluding carboxylic acids is 3. The maximum absolute atomic E-state index is 12.4. The summed E-state index contributed by atoms with van der Waals surface area (Å²) in [6.07, 6.45) is 0. The highest BCUT2D eigenvalue weighted by molar-refractivity contribution is 6.04. The van der Waals surface area contributed by atoms with Gasteiger partial charge in [0.05, 0.1) is 13.7 Å². The molecule has 0 saturated heterocycles. The maximum Gasteiger partial charge on any atom is 0.325 e. The molecule has 0 aliphatic heterocycles. The van der Waals surface area contributed by atoms with Crippen molar-refractivity contribution in [1.82, 2.24) is 5.32 Å². The van der Waals surface area contributed by atoms with Gasteiger partial charge in [0.1, 0.15) is 12.3 Å². The van der Waals surface area contributed by atoms with E-state index >= 15 is 0 Å². The van der Waals surface area contributed by atoms with Gasteiger partial charge in [0.2, 0.25) is 0 Å². The minimum absolute atomic E-state index is 0.205. The zero-order valence-electron chi connectivity index (χ0n) is 16.2. The molecule has 0 aromatic heterocycles. The van der Waals surface area contributed by atoms with E-state index in [0.29, 0.717) is 35.1 Å². The molecule has 2 rings (SSSR count). The number of methoxy groups -OCH3 is 1. The Balaban J connectivity index is 1.96. The first-order valence-corrected chi connectivity index (χ1v) is 8.88. The van der Waals surface area contributed by atoms with Gasteiger partial charge in [-0.1, -0.05) is 19.9 Å². The van der Waals surface area contributed by atoms with Crippen LogP contribution in [0.3, 0.4) is 0 Å². The van der Waals surface area contributed by atoms with E-state index in [4.69, 9.17) is 4.74 Å². The second kappa shape index (κ2) is 10.1. The normalized spacial score (nSPS) is 10.3. The Morgan fingerprint density at radius 3 is 2.32 bits per heavy atom. The van der Waals surface area contributed by atoms with Gasteiger partial charge in [-0.3, -0.25) is 14.4 Å². The number of nitrogens with one attached hydrogen (secondary N) is 2. The van der Waals surface area contributed by atoms with Crippen molar-refractivity contribution < 1.29 is 23.9 Å². The highest BCUT2D eigenvalue weighted by Crippen LogP contribution is 2.16. The Morgan fingerprint density at radius 1 is 0.964 bits per heavy atom.